The number of hydrogen-bond acceptors (Lipinski definition) is 6. The van der Waals surface area contributed by atoms with Crippen molar-refractivity contribution in [2.75, 3.05) is 13.2 Å². The average Bonchev–Trinajstić information content (AvgIpc) is 3.29. The van der Waals surface area contributed by atoms with E-state index in [1.54, 1.807) is 0 Å². The van der Waals surface area contributed by atoms with Gasteiger partial charge in [-0.3, -0.25) is 9.69 Å². The van der Waals surface area contributed by atoms with Crippen molar-refractivity contribution < 1.29 is 5.11 Å². The molecule has 8 nitrogen and oxygen atoms in total. The van der Waals surface area contributed by atoms with Gasteiger partial charge < -0.3 is 10.1 Å². The first kappa shape index (κ1) is 25.1. The molecule has 8 heteroatoms. The van der Waals surface area contributed by atoms with Gasteiger partial charge in [-0.2, -0.15) is 0 Å². The Morgan fingerprint density at radius 1 is 1.24 bits per heavy atom. The van der Waals surface area contributed by atoms with Crippen LogP contribution in [0.3, 0.4) is 0 Å². The number of aliphatic hydroxyl groups is 1. The maximum Gasteiger partial charge on any atom is 0.252 e. The fourth-order valence-corrected chi connectivity index (χ4v) is 4.26. The van der Waals surface area contributed by atoms with Gasteiger partial charge in [-0.05, 0) is 80.0 Å². The van der Waals surface area contributed by atoms with Gasteiger partial charge in [0.2, 0.25) is 0 Å². The first-order chi connectivity index (χ1) is 15.7. The second-order valence-corrected chi connectivity index (χ2v) is 9.56. The van der Waals surface area contributed by atoms with E-state index in [1.807, 2.05) is 17.7 Å². The highest BCUT2D eigenvalue weighted by Crippen LogP contribution is 2.30. The number of aliphatic hydroxyl groups excluding tert-OH is 1. The Kier molecular flexibility index (Phi) is 8.02. The van der Waals surface area contributed by atoms with E-state index in [1.165, 1.54) is 0 Å². The fourth-order valence-electron chi connectivity index (χ4n) is 4.26. The van der Waals surface area contributed by atoms with Gasteiger partial charge in [-0.15, -0.1) is 5.10 Å². The number of aromatic amines is 1. The van der Waals surface area contributed by atoms with Crippen LogP contribution in [-0.4, -0.2) is 48.3 Å². The number of tetrazole rings is 1. The summed E-state index contributed by atoms with van der Waals surface area (Å²) >= 11 is 0. The van der Waals surface area contributed by atoms with E-state index in [2.05, 4.69) is 72.2 Å². The molecule has 33 heavy (non-hydrogen) atoms. The van der Waals surface area contributed by atoms with E-state index in [-0.39, 0.29) is 23.7 Å². The Hall–Kier alpha value is -2.58. The number of nitrogens with one attached hydrogen (secondary N) is 1. The van der Waals surface area contributed by atoms with Crippen LogP contribution in [0.4, 0.5) is 0 Å². The van der Waals surface area contributed by atoms with Crippen LogP contribution in [0.5, 0.6) is 0 Å². The number of fused-ring (bicyclic) bond motifs is 1. The predicted octanol–water partition coefficient (Wildman–Crippen LogP) is 4.00. The van der Waals surface area contributed by atoms with Gasteiger partial charge in [0.1, 0.15) is 0 Å². The molecule has 2 N–H and O–H groups in total. The Balaban J connectivity index is 2.04. The zero-order chi connectivity index (χ0) is 24.2. The second-order valence-electron chi connectivity index (χ2n) is 9.56. The molecule has 0 aliphatic rings. The van der Waals surface area contributed by atoms with Crippen LogP contribution in [0.2, 0.25) is 0 Å². The lowest BCUT2D eigenvalue weighted by atomic mass is 10.0. The minimum Gasteiger partial charge on any atom is -0.396 e. The van der Waals surface area contributed by atoms with E-state index in [4.69, 9.17) is 0 Å². The average molecular weight is 455 g/mol. The zero-order valence-corrected chi connectivity index (χ0v) is 20.9. The largest absolute Gasteiger partial charge is 0.396 e. The number of aryl methyl sites for hydroxylation is 2. The third-order valence-electron chi connectivity index (χ3n) is 6.84. The lowest BCUT2D eigenvalue weighted by Crippen LogP contribution is -2.37. The summed E-state index contributed by atoms with van der Waals surface area (Å²) in [6, 6.07) is 6.08. The molecule has 3 rings (SSSR count). The number of rotatable bonds is 11. The summed E-state index contributed by atoms with van der Waals surface area (Å²) in [5.74, 6) is 0.810. The Morgan fingerprint density at radius 2 is 2.00 bits per heavy atom. The molecule has 1 atom stereocenters. The molecule has 0 spiro atoms. The van der Waals surface area contributed by atoms with Crippen molar-refractivity contribution in [1.82, 2.24) is 30.1 Å². The van der Waals surface area contributed by atoms with E-state index in [0.717, 1.165) is 47.1 Å². The molecule has 0 bridgehead atoms. The lowest BCUT2D eigenvalue weighted by Gasteiger charge is -2.33. The van der Waals surface area contributed by atoms with Crippen molar-refractivity contribution in [2.45, 2.75) is 85.4 Å². The van der Waals surface area contributed by atoms with E-state index < -0.39 is 0 Å². The van der Waals surface area contributed by atoms with Crippen LogP contribution in [0.15, 0.2) is 23.0 Å². The summed E-state index contributed by atoms with van der Waals surface area (Å²) in [4.78, 5) is 18.4. The van der Waals surface area contributed by atoms with Crippen molar-refractivity contribution in [1.29, 1.82) is 0 Å². The summed E-state index contributed by atoms with van der Waals surface area (Å²) < 4.78 is 1.93. The number of H-pyrrole nitrogens is 1. The molecule has 0 saturated heterocycles. The van der Waals surface area contributed by atoms with E-state index >= 15 is 0 Å². The molecule has 0 aliphatic carbocycles. The minimum absolute atomic E-state index is 0.0581. The van der Waals surface area contributed by atoms with E-state index in [0.29, 0.717) is 25.1 Å². The normalized spacial score (nSPS) is 13.2. The highest BCUT2D eigenvalue weighted by atomic mass is 16.3. The molecule has 2 aromatic heterocycles. The van der Waals surface area contributed by atoms with Crippen LogP contribution in [0, 0.1) is 13.8 Å². The smallest absolute Gasteiger partial charge is 0.252 e. The summed E-state index contributed by atoms with van der Waals surface area (Å²) in [5, 5.41) is 23.3. The summed E-state index contributed by atoms with van der Waals surface area (Å²) in [5.41, 5.74) is 3.56. The minimum atomic E-state index is -0.219. The lowest BCUT2D eigenvalue weighted by molar-refractivity contribution is 0.139. The van der Waals surface area contributed by atoms with Crippen molar-refractivity contribution in [2.24, 2.45) is 0 Å². The Labute approximate surface area is 196 Å². The Morgan fingerprint density at radius 3 is 2.67 bits per heavy atom. The van der Waals surface area contributed by atoms with Crippen molar-refractivity contribution in [3.63, 3.8) is 0 Å². The van der Waals surface area contributed by atoms with Crippen LogP contribution in [-0.2, 0) is 12.1 Å². The van der Waals surface area contributed by atoms with Gasteiger partial charge in [-0.25, -0.2) is 4.68 Å². The topological polar surface area (TPSA) is 99.9 Å². The molecule has 1 aromatic carbocycles. The third-order valence-corrected chi connectivity index (χ3v) is 6.84. The molecular formula is C25H38N6O2. The molecule has 0 radical (unpaired) electrons. The highest BCUT2D eigenvalue weighted by Gasteiger charge is 2.31. The predicted molar refractivity (Wildman–Crippen MR) is 131 cm³/mol. The van der Waals surface area contributed by atoms with Crippen LogP contribution in [0.25, 0.3) is 10.9 Å². The molecule has 0 aliphatic heterocycles. The first-order valence-corrected chi connectivity index (χ1v) is 12.0. The maximum absolute atomic E-state index is 13.1. The molecule has 0 saturated carbocycles. The summed E-state index contributed by atoms with van der Waals surface area (Å²) in [6.07, 6.45) is 3.31. The number of pyridine rings is 1. The monoisotopic (exact) mass is 454 g/mol. The van der Waals surface area contributed by atoms with Gasteiger partial charge in [0.25, 0.3) is 5.56 Å². The maximum atomic E-state index is 13.1. The molecular weight excluding hydrogens is 416 g/mol. The number of nitrogens with zero attached hydrogens (tertiary/aromatic N) is 5. The van der Waals surface area contributed by atoms with Crippen LogP contribution in [0.1, 0.15) is 81.9 Å². The quantitative estimate of drug-likeness (QED) is 0.454. The molecule has 0 unspecified atom stereocenters. The van der Waals surface area contributed by atoms with Crippen LogP contribution >= 0.6 is 0 Å². The van der Waals surface area contributed by atoms with Gasteiger partial charge in [0.05, 0.1) is 17.1 Å². The number of aromatic nitrogens is 5. The summed E-state index contributed by atoms with van der Waals surface area (Å²) in [6.45, 7) is 13.8. The summed E-state index contributed by atoms with van der Waals surface area (Å²) in [7, 11) is 0. The molecule has 0 amide bonds. The second kappa shape index (κ2) is 10.6. The van der Waals surface area contributed by atoms with E-state index in [9.17, 15) is 9.90 Å². The highest BCUT2D eigenvalue weighted by molar-refractivity contribution is 5.83. The molecule has 180 valence electrons. The molecule has 2 heterocycles. The zero-order valence-electron chi connectivity index (χ0n) is 20.9. The standard InChI is InChI=1S/C25H38N6O2/c1-7-10-21(23-27-28-29-31(23)25(5,6)8-2)30(13-9-14-32)16-20-15-19-12-11-17(3)18(4)22(19)26-24(20)33/h11-12,15,21,32H,7-10,13-14,16H2,1-6H3,(H,26,33)/t21-/m0/s1. The number of benzene rings is 1. The molecule has 0 fully saturated rings. The van der Waals surface area contributed by atoms with Gasteiger partial charge >= 0.3 is 0 Å². The third kappa shape index (κ3) is 5.33. The SMILES string of the molecule is CCC[C@@H](c1nnnn1C(C)(C)CC)N(CCCO)Cc1cc2ccc(C)c(C)c2[nH]c1=O. The van der Waals surface area contributed by atoms with Crippen molar-refractivity contribution in [3.8, 4) is 0 Å². The number of hydrogen-bond donors (Lipinski definition) is 2. The fraction of sp³-hybridized carbons (Fsp3) is 0.600. The first-order valence-electron chi connectivity index (χ1n) is 12.0. The van der Waals surface area contributed by atoms with Crippen LogP contribution < -0.4 is 5.56 Å². The van der Waals surface area contributed by atoms with Gasteiger partial charge in [-0.1, -0.05) is 32.4 Å². The van der Waals surface area contributed by atoms with Crippen molar-refractivity contribution in [3.05, 3.63) is 51.1 Å². The molecule has 3 aromatic rings. The van der Waals surface area contributed by atoms with Gasteiger partial charge in [0, 0.05) is 25.3 Å². The van der Waals surface area contributed by atoms with Gasteiger partial charge in [0.15, 0.2) is 5.82 Å². The van der Waals surface area contributed by atoms with Crippen molar-refractivity contribution >= 4 is 10.9 Å². The Bertz CT molecular complexity index is 1130.